The number of aromatic nitrogens is 2. The number of rotatable bonds is 4. The van der Waals surface area contributed by atoms with Gasteiger partial charge in [-0.25, -0.2) is 0 Å². The molecule has 2 atom stereocenters. The smallest absolute Gasteiger partial charge is 0.0777 e. The zero-order chi connectivity index (χ0) is 12.4. The molecule has 1 aliphatic heterocycles. The fourth-order valence-corrected chi connectivity index (χ4v) is 2.69. The SMILES string of the molecule is CCc1nn(C2CCOC2)c(CC)c1C(C)N. The Balaban J connectivity index is 2.44. The lowest BCUT2D eigenvalue weighted by molar-refractivity contribution is 0.184. The van der Waals surface area contributed by atoms with Gasteiger partial charge in [0.1, 0.15) is 0 Å². The Morgan fingerprint density at radius 3 is 2.71 bits per heavy atom. The molecule has 1 fully saturated rings. The number of ether oxygens (including phenoxy) is 1. The highest BCUT2D eigenvalue weighted by atomic mass is 16.5. The molecule has 0 aliphatic carbocycles. The summed E-state index contributed by atoms with van der Waals surface area (Å²) >= 11 is 0. The molecule has 0 radical (unpaired) electrons. The van der Waals surface area contributed by atoms with Gasteiger partial charge in [0.2, 0.25) is 0 Å². The van der Waals surface area contributed by atoms with E-state index in [1.807, 2.05) is 6.92 Å². The Labute approximate surface area is 103 Å². The average Bonchev–Trinajstić information content (AvgIpc) is 2.94. The molecule has 4 heteroatoms. The minimum atomic E-state index is 0.0657. The van der Waals surface area contributed by atoms with Crippen LogP contribution in [0.25, 0.3) is 0 Å². The van der Waals surface area contributed by atoms with Crippen LogP contribution in [0, 0.1) is 0 Å². The van der Waals surface area contributed by atoms with Gasteiger partial charge in [-0.3, -0.25) is 4.68 Å². The van der Waals surface area contributed by atoms with E-state index >= 15 is 0 Å². The first-order valence-electron chi connectivity index (χ1n) is 6.62. The van der Waals surface area contributed by atoms with Crippen LogP contribution in [0.15, 0.2) is 0 Å². The molecule has 0 spiro atoms. The molecule has 17 heavy (non-hydrogen) atoms. The molecule has 2 unspecified atom stereocenters. The zero-order valence-corrected chi connectivity index (χ0v) is 11.1. The molecule has 0 amide bonds. The predicted octanol–water partition coefficient (Wildman–Crippen LogP) is 1.99. The van der Waals surface area contributed by atoms with Gasteiger partial charge in [0, 0.05) is 23.9 Å². The van der Waals surface area contributed by atoms with E-state index in [-0.39, 0.29) is 6.04 Å². The first-order valence-corrected chi connectivity index (χ1v) is 6.62. The van der Waals surface area contributed by atoms with Crippen molar-refractivity contribution in [3.05, 3.63) is 17.0 Å². The third kappa shape index (κ3) is 2.24. The van der Waals surface area contributed by atoms with Crippen molar-refractivity contribution < 1.29 is 4.74 Å². The number of nitrogens with two attached hydrogens (primary N) is 1. The number of nitrogens with zero attached hydrogens (tertiary/aromatic N) is 2. The number of aryl methyl sites for hydroxylation is 1. The highest BCUT2D eigenvalue weighted by Gasteiger charge is 2.25. The summed E-state index contributed by atoms with van der Waals surface area (Å²) in [5.41, 5.74) is 9.80. The van der Waals surface area contributed by atoms with Gasteiger partial charge < -0.3 is 10.5 Å². The van der Waals surface area contributed by atoms with Gasteiger partial charge in [0.05, 0.1) is 18.3 Å². The van der Waals surface area contributed by atoms with Crippen LogP contribution < -0.4 is 5.73 Å². The second kappa shape index (κ2) is 5.19. The maximum absolute atomic E-state index is 6.09. The monoisotopic (exact) mass is 237 g/mol. The molecular formula is C13H23N3O. The van der Waals surface area contributed by atoms with Crippen LogP contribution in [0.5, 0.6) is 0 Å². The zero-order valence-electron chi connectivity index (χ0n) is 11.1. The largest absolute Gasteiger partial charge is 0.379 e. The van der Waals surface area contributed by atoms with Gasteiger partial charge in [-0.05, 0) is 26.2 Å². The van der Waals surface area contributed by atoms with Crippen LogP contribution in [0.2, 0.25) is 0 Å². The summed E-state index contributed by atoms with van der Waals surface area (Å²) in [4.78, 5) is 0. The lowest BCUT2D eigenvalue weighted by Crippen LogP contribution is -2.15. The van der Waals surface area contributed by atoms with E-state index in [9.17, 15) is 0 Å². The van der Waals surface area contributed by atoms with Crippen LogP contribution in [0.4, 0.5) is 0 Å². The maximum Gasteiger partial charge on any atom is 0.0777 e. The van der Waals surface area contributed by atoms with Gasteiger partial charge in [0.15, 0.2) is 0 Å². The Morgan fingerprint density at radius 2 is 2.24 bits per heavy atom. The normalized spacial score (nSPS) is 22.0. The van der Waals surface area contributed by atoms with E-state index in [1.165, 1.54) is 11.3 Å². The van der Waals surface area contributed by atoms with Crippen LogP contribution in [0.1, 0.15) is 56.2 Å². The van der Waals surface area contributed by atoms with Crippen molar-refractivity contribution in [1.29, 1.82) is 0 Å². The quantitative estimate of drug-likeness (QED) is 0.871. The standard InChI is InChI=1S/C13H23N3O/c1-4-11-13(9(3)14)12(5-2)16(15-11)10-6-7-17-8-10/h9-10H,4-8,14H2,1-3H3. The molecule has 2 rings (SSSR count). The number of hydrogen-bond acceptors (Lipinski definition) is 3. The summed E-state index contributed by atoms with van der Waals surface area (Å²) in [5.74, 6) is 0. The highest BCUT2D eigenvalue weighted by molar-refractivity contribution is 5.30. The average molecular weight is 237 g/mol. The molecule has 0 saturated carbocycles. The third-order valence-corrected chi connectivity index (χ3v) is 3.50. The van der Waals surface area contributed by atoms with E-state index in [0.717, 1.165) is 38.2 Å². The van der Waals surface area contributed by atoms with Crippen molar-refractivity contribution in [2.45, 2.75) is 52.1 Å². The van der Waals surface area contributed by atoms with Crippen LogP contribution >= 0.6 is 0 Å². The topological polar surface area (TPSA) is 53.1 Å². The van der Waals surface area contributed by atoms with E-state index in [1.54, 1.807) is 0 Å². The van der Waals surface area contributed by atoms with Gasteiger partial charge in [-0.1, -0.05) is 13.8 Å². The summed E-state index contributed by atoms with van der Waals surface area (Å²) < 4.78 is 7.63. The summed E-state index contributed by atoms with van der Waals surface area (Å²) in [7, 11) is 0. The Morgan fingerprint density at radius 1 is 1.47 bits per heavy atom. The first-order chi connectivity index (χ1) is 8.19. The first kappa shape index (κ1) is 12.6. The van der Waals surface area contributed by atoms with Gasteiger partial charge in [-0.15, -0.1) is 0 Å². The van der Waals surface area contributed by atoms with Crippen molar-refractivity contribution in [3.63, 3.8) is 0 Å². The fourth-order valence-electron chi connectivity index (χ4n) is 2.69. The molecule has 4 nitrogen and oxygen atoms in total. The molecule has 1 saturated heterocycles. The van der Waals surface area contributed by atoms with E-state index in [4.69, 9.17) is 15.6 Å². The summed E-state index contributed by atoms with van der Waals surface area (Å²) in [6, 6.07) is 0.471. The summed E-state index contributed by atoms with van der Waals surface area (Å²) in [6.07, 6.45) is 3.00. The molecule has 1 aromatic rings. The molecule has 2 N–H and O–H groups in total. The molecule has 96 valence electrons. The Hall–Kier alpha value is -0.870. The minimum absolute atomic E-state index is 0.0657. The van der Waals surface area contributed by atoms with Crippen LogP contribution in [-0.2, 0) is 17.6 Å². The summed E-state index contributed by atoms with van der Waals surface area (Å²) in [6.45, 7) is 8.00. The van der Waals surface area contributed by atoms with Crippen LogP contribution in [0.3, 0.4) is 0 Å². The second-order valence-corrected chi connectivity index (χ2v) is 4.76. The highest BCUT2D eigenvalue weighted by Crippen LogP contribution is 2.27. The molecule has 1 aromatic heterocycles. The summed E-state index contributed by atoms with van der Waals surface area (Å²) in [5, 5.41) is 4.76. The molecule has 0 bridgehead atoms. The van der Waals surface area contributed by atoms with Crippen molar-refractivity contribution in [2.24, 2.45) is 5.73 Å². The maximum atomic E-state index is 6.09. The van der Waals surface area contributed by atoms with Crippen LogP contribution in [-0.4, -0.2) is 23.0 Å². The predicted molar refractivity (Wildman–Crippen MR) is 68.1 cm³/mol. The lowest BCUT2D eigenvalue weighted by atomic mass is 10.0. The number of hydrogen-bond donors (Lipinski definition) is 1. The molecule has 1 aliphatic rings. The Kier molecular flexibility index (Phi) is 3.84. The van der Waals surface area contributed by atoms with E-state index in [2.05, 4.69) is 18.5 Å². The lowest BCUT2D eigenvalue weighted by Gasteiger charge is -2.14. The fraction of sp³-hybridized carbons (Fsp3) is 0.769. The van der Waals surface area contributed by atoms with Crippen molar-refractivity contribution in [1.82, 2.24) is 9.78 Å². The van der Waals surface area contributed by atoms with Gasteiger partial charge in [0.25, 0.3) is 0 Å². The van der Waals surface area contributed by atoms with E-state index < -0.39 is 0 Å². The molecule has 0 aromatic carbocycles. The van der Waals surface area contributed by atoms with Gasteiger partial charge >= 0.3 is 0 Å². The van der Waals surface area contributed by atoms with Crippen molar-refractivity contribution in [2.75, 3.05) is 13.2 Å². The van der Waals surface area contributed by atoms with E-state index in [0.29, 0.717) is 6.04 Å². The van der Waals surface area contributed by atoms with Gasteiger partial charge in [-0.2, -0.15) is 5.10 Å². The van der Waals surface area contributed by atoms with Crippen molar-refractivity contribution in [3.8, 4) is 0 Å². The third-order valence-electron chi connectivity index (χ3n) is 3.50. The minimum Gasteiger partial charge on any atom is -0.379 e. The molecule has 2 heterocycles. The second-order valence-electron chi connectivity index (χ2n) is 4.76. The molecular weight excluding hydrogens is 214 g/mol. The Bertz CT molecular complexity index is 378. The van der Waals surface area contributed by atoms with Crippen molar-refractivity contribution >= 4 is 0 Å².